The van der Waals surface area contributed by atoms with Gasteiger partial charge in [-0.3, -0.25) is 24.3 Å². The summed E-state index contributed by atoms with van der Waals surface area (Å²) in [6, 6.07) is 0.241. The van der Waals surface area contributed by atoms with Gasteiger partial charge in [0.05, 0.1) is 35.8 Å². The molecule has 0 aliphatic carbocycles. The van der Waals surface area contributed by atoms with Crippen molar-refractivity contribution >= 4 is 17.3 Å². The van der Waals surface area contributed by atoms with Gasteiger partial charge in [-0.1, -0.05) is 6.92 Å². The van der Waals surface area contributed by atoms with E-state index in [4.69, 9.17) is 0 Å². The second kappa shape index (κ2) is 8.77. The van der Waals surface area contributed by atoms with Crippen LogP contribution in [-0.4, -0.2) is 30.4 Å². The van der Waals surface area contributed by atoms with Gasteiger partial charge in [0, 0.05) is 17.8 Å². The van der Waals surface area contributed by atoms with Crippen LogP contribution in [0.3, 0.4) is 0 Å². The molecule has 32 heavy (non-hydrogen) atoms. The van der Waals surface area contributed by atoms with Crippen LogP contribution < -0.4 is 5.32 Å². The molecule has 2 aromatic heterocycles. The minimum absolute atomic E-state index is 0.0752. The van der Waals surface area contributed by atoms with Crippen LogP contribution >= 0.6 is 0 Å². The van der Waals surface area contributed by atoms with Crippen molar-refractivity contribution in [1.82, 2.24) is 19.6 Å². The molecular formula is C19H18F4N6O3. The first-order valence-electron chi connectivity index (χ1n) is 9.33. The third kappa shape index (κ3) is 4.45. The van der Waals surface area contributed by atoms with E-state index in [1.807, 2.05) is 0 Å². The first-order valence-corrected chi connectivity index (χ1v) is 9.33. The number of anilines is 1. The molecule has 0 fully saturated rings. The number of aromatic nitrogens is 4. The van der Waals surface area contributed by atoms with Crippen molar-refractivity contribution in [3.05, 3.63) is 68.8 Å². The van der Waals surface area contributed by atoms with Gasteiger partial charge in [-0.25, -0.2) is 17.6 Å². The second-order valence-electron chi connectivity index (χ2n) is 7.22. The fourth-order valence-electron chi connectivity index (χ4n) is 3.16. The summed E-state index contributed by atoms with van der Waals surface area (Å²) in [5.41, 5.74) is -0.0850. The van der Waals surface area contributed by atoms with Crippen molar-refractivity contribution in [2.45, 2.75) is 33.9 Å². The van der Waals surface area contributed by atoms with Gasteiger partial charge in [-0.05, 0) is 13.8 Å². The third-order valence-corrected chi connectivity index (χ3v) is 4.85. The van der Waals surface area contributed by atoms with Crippen LogP contribution in [0.5, 0.6) is 0 Å². The summed E-state index contributed by atoms with van der Waals surface area (Å²) >= 11 is 0. The van der Waals surface area contributed by atoms with Gasteiger partial charge >= 0.3 is 5.69 Å². The summed E-state index contributed by atoms with van der Waals surface area (Å²) in [5.74, 6) is -7.45. The van der Waals surface area contributed by atoms with Gasteiger partial charge in [0.25, 0.3) is 0 Å². The highest BCUT2D eigenvalue weighted by Gasteiger charge is 2.24. The van der Waals surface area contributed by atoms with E-state index in [-0.39, 0.29) is 29.7 Å². The molecule has 3 aromatic rings. The maximum atomic E-state index is 13.8. The number of carbonyl (C=O) groups is 1. The predicted molar refractivity (Wildman–Crippen MR) is 104 cm³/mol. The van der Waals surface area contributed by atoms with Gasteiger partial charge in [-0.15, -0.1) is 0 Å². The van der Waals surface area contributed by atoms with E-state index in [0.29, 0.717) is 5.69 Å². The standard InChI is InChI=1S/C19H18F4N6O3/c1-9(6-28-11(3)18(29(31)32)10(2)26-28)19(30)25-12-5-24-27(7-12)8-13-14(20)4-15(21)17(23)16(13)22/h4-5,7,9H,6,8H2,1-3H3,(H,25,30). The van der Waals surface area contributed by atoms with Crippen molar-refractivity contribution in [2.75, 3.05) is 5.32 Å². The highest BCUT2D eigenvalue weighted by molar-refractivity contribution is 5.92. The molecular weight excluding hydrogens is 436 g/mol. The molecule has 0 aliphatic rings. The quantitative estimate of drug-likeness (QED) is 0.193. The molecule has 1 N–H and O–H groups in total. The first-order chi connectivity index (χ1) is 15.0. The minimum atomic E-state index is -1.79. The van der Waals surface area contributed by atoms with E-state index in [0.717, 1.165) is 4.68 Å². The number of halogens is 4. The van der Waals surface area contributed by atoms with Crippen LogP contribution in [-0.2, 0) is 17.9 Å². The predicted octanol–water partition coefficient (Wildman–Crippen LogP) is 3.48. The van der Waals surface area contributed by atoms with E-state index >= 15 is 0 Å². The Balaban J connectivity index is 1.68. The average molecular weight is 454 g/mol. The fraction of sp³-hybridized carbons (Fsp3) is 0.316. The molecule has 3 rings (SSSR count). The molecule has 0 radical (unpaired) electrons. The molecule has 13 heteroatoms. The monoisotopic (exact) mass is 454 g/mol. The van der Waals surface area contributed by atoms with Gasteiger partial charge in [-0.2, -0.15) is 10.2 Å². The first kappa shape index (κ1) is 22.9. The lowest BCUT2D eigenvalue weighted by Crippen LogP contribution is -2.25. The molecule has 1 aromatic carbocycles. The zero-order chi connectivity index (χ0) is 23.7. The van der Waals surface area contributed by atoms with Crippen molar-refractivity contribution in [1.29, 1.82) is 0 Å². The van der Waals surface area contributed by atoms with E-state index in [2.05, 4.69) is 15.5 Å². The number of rotatable bonds is 7. The topological polar surface area (TPSA) is 108 Å². The summed E-state index contributed by atoms with van der Waals surface area (Å²) in [6.07, 6.45) is 2.48. The largest absolute Gasteiger partial charge is 0.323 e. The van der Waals surface area contributed by atoms with Crippen LogP contribution in [0, 0.1) is 53.1 Å². The lowest BCUT2D eigenvalue weighted by molar-refractivity contribution is -0.386. The third-order valence-electron chi connectivity index (χ3n) is 4.85. The van der Waals surface area contributed by atoms with E-state index in [9.17, 15) is 32.5 Å². The van der Waals surface area contributed by atoms with Gasteiger partial charge in [0.15, 0.2) is 17.5 Å². The van der Waals surface area contributed by atoms with Gasteiger partial charge in [0.2, 0.25) is 5.91 Å². The fourth-order valence-corrected chi connectivity index (χ4v) is 3.16. The smallest absolute Gasteiger partial charge is 0.312 e. The Bertz CT molecular complexity index is 1210. The second-order valence-corrected chi connectivity index (χ2v) is 7.22. The molecule has 9 nitrogen and oxygen atoms in total. The number of hydrogen-bond donors (Lipinski definition) is 1. The molecule has 2 heterocycles. The summed E-state index contributed by atoms with van der Waals surface area (Å²) in [5, 5.41) is 21.6. The minimum Gasteiger partial charge on any atom is -0.323 e. The molecule has 1 amide bonds. The Hall–Kier alpha value is -3.77. The molecule has 0 bridgehead atoms. The van der Waals surface area contributed by atoms with Crippen LogP contribution in [0.4, 0.5) is 28.9 Å². The summed E-state index contributed by atoms with van der Waals surface area (Å²) in [6.45, 7) is 4.17. The maximum absolute atomic E-state index is 13.8. The molecule has 0 saturated carbocycles. The number of benzene rings is 1. The molecule has 170 valence electrons. The normalized spacial score (nSPS) is 12.1. The zero-order valence-electron chi connectivity index (χ0n) is 17.2. The number of nitro groups is 1. The highest BCUT2D eigenvalue weighted by atomic mass is 19.2. The van der Waals surface area contributed by atoms with Crippen molar-refractivity contribution in [3.8, 4) is 0 Å². The average Bonchev–Trinajstić information content (AvgIpc) is 3.26. The van der Waals surface area contributed by atoms with Crippen LogP contribution in [0.15, 0.2) is 18.5 Å². The SMILES string of the molecule is Cc1nn(CC(C)C(=O)Nc2cnn(Cc3c(F)cc(F)c(F)c3F)c2)c(C)c1[N+](=O)[O-]. The molecule has 1 unspecified atom stereocenters. The number of carbonyl (C=O) groups excluding carboxylic acids is 1. The summed E-state index contributed by atoms with van der Waals surface area (Å²) < 4.78 is 56.5. The number of nitrogens with zero attached hydrogens (tertiary/aromatic N) is 5. The highest BCUT2D eigenvalue weighted by Crippen LogP contribution is 2.23. The van der Waals surface area contributed by atoms with Crippen molar-refractivity contribution < 1.29 is 27.3 Å². The Morgan fingerprint density at radius 1 is 1.22 bits per heavy atom. The number of hydrogen-bond acceptors (Lipinski definition) is 5. The van der Waals surface area contributed by atoms with Gasteiger partial charge in [0.1, 0.15) is 17.2 Å². The van der Waals surface area contributed by atoms with E-state index in [1.165, 1.54) is 30.9 Å². The zero-order valence-corrected chi connectivity index (χ0v) is 17.2. The van der Waals surface area contributed by atoms with Crippen LogP contribution in [0.1, 0.15) is 23.9 Å². The molecule has 0 aliphatic heterocycles. The number of nitrogens with one attached hydrogen (secondary N) is 1. The lowest BCUT2D eigenvalue weighted by atomic mass is 10.1. The molecule has 1 atom stereocenters. The summed E-state index contributed by atoms with van der Waals surface area (Å²) in [7, 11) is 0. The van der Waals surface area contributed by atoms with Crippen molar-refractivity contribution in [3.63, 3.8) is 0 Å². The Labute approximate surface area is 178 Å². The molecule has 0 spiro atoms. The van der Waals surface area contributed by atoms with Crippen molar-refractivity contribution in [2.24, 2.45) is 5.92 Å². The van der Waals surface area contributed by atoms with E-state index < -0.39 is 52.1 Å². The van der Waals surface area contributed by atoms with Gasteiger partial charge < -0.3 is 5.32 Å². The Morgan fingerprint density at radius 3 is 2.53 bits per heavy atom. The molecule has 0 saturated heterocycles. The van der Waals surface area contributed by atoms with Crippen LogP contribution in [0.2, 0.25) is 0 Å². The Kier molecular flexibility index (Phi) is 6.27. The Morgan fingerprint density at radius 2 is 1.91 bits per heavy atom. The lowest BCUT2D eigenvalue weighted by Gasteiger charge is -2.12. The number of amides is 1. The number of aryl methyl sites for hydroxylation is 1. The maximum Gasteiger partial charge on any atom is 0.312 e. The van der Waals surface area contributed by atoms with E-state index in [1.54, 1.807) is 6.92 Å². The summed E-state index contributed by atoms with van der Waals surface area (Å²) in [4.78, 5) is 23.0. The van der Waals surface area contributed by atoms with Crippen LogP contribution in [0.25, 0.3) is 0 Å².